The van der Waals surface area contributed by atoms with E-state index >= 15 is 0 Å². The number of nitrogens with one attached hydrogen (secondary N) is 1. The second-order valence-corrected chi connectivity index (χ2v) is 9.17. The van der Waals surface area contributed by atoms with Crippen molar-refractivity contribution in [2.75, 3.05) is 13.1 Å². The van der Waals surface area contributed by atoms with Crippen molar-refractivity contribution in [3.05, 3.63) is 64.4 Å². The van der Waals surface area contributed by atoms with E-state index in [-0.39, 0.29) is 23.2 Å². The number of halogens is 2. The average molecular weight is 455 g/mol. The third kappa shape index (κ3) is 4.56. The summed E-state index contributed by atoms with van der Waals surface area (Å²) in [7, 11) is -3.74. The van der Waals surface area contributed by atoms with E-state index < -0.39 is 16.1 Å². The van der Waals surface area contributed by atoms with Crippen LogP contribution in [-0.4, -0.2) is 37.8 Å². The minimum absolute atomic E-state index is 0.164. The first-order valence-electron chi connectivity index (χ1n) is 8.68. The Balaban J connectivity index is 1.65. The first-order chi connectivity index (χ1) is 12.9. The van der Waals surface area contributed by atoms with Crippen LogP contribution in [0.5, 0.6) is 0 Å². The minimum atomic E-state index is -3.74. The summed E-state index contributed by atoms with van der Waals surface area (Å²) < 4.78 is 41.5. The number of nitrogens with zero attached hydrogens (tertiary/aromatic N) is 1. The monoisotopic (exact) mass is 454 g/mol. The van der Waals surface area contributed by atoms with Crippen LogP contribution in [0.25, 0.3) is 0 Å². The van der Waals surface area contributed by atoms with Crippen molar-refractivity contribution in [2.24, 2.45) is 0 Å². The van der Waals surface area contributed by atoms with Crippen LogP contribution >= 0.6 is 15.9 Å². The number of rotatable bonds is 6. The lowest BCUT2D eigenvalue weighted by atomic mass is 10.1. The molecule has 1 saturated heterocycles. The quantitative estimate of drug-likeness (QED) is 0.728. The molecule has 1 amide bonds. The van der Waals surface area contributed by atoms with E-state index in [1.54, 1.807) is 30.3 Å². The Morgan fingerprint density at radius 1 is 1.19 bits per heavy atom. The lowest BCUT2D eigenvalue weighted by molar-refractivity contribution is -0.124. The normalized spacial score (nSPS) is 17.8. The third-order valence-electron chi connectivity index (χ3n) is 4.58. The van der Waals surface area contributed by atoms with Crippen molar-refractivity contribution < 1.29 is 17.6 Å². The highest BCUT2D eigenvalue weighted by molar-refractivity contribution is 9.10. The standard InChI is InChI=1S/C19H20BrFN2O3S/c20-15-7-9-16(10-8-15)27(25,26)23-13-3-6-18(23)19(24)22-12-11-14-4-1-2-5-17(14)21/h1-2,4-5,7-10,18H,3,6,11-13H2,(H,22,24). The topological polar surface area (TPSA) is 66.5 Å². The average Bonchev–Trinajstić information content (AvgIpc) is 3.14. The van der Waals surface area contributed by atoms with Gasteiger partial charge in [0.05, 0.1) is 4.90 Å². The van der Waals surface area contributed by atoms with Crippen LogP contribution in [0.4, 0.5) is 4.39 Å². The predicted octanol–water partition coefficient (Wildman–Crippen LogP) is 3.10. The van der Waals surface area contributed by atoms with Crippen LogP contribution in [0.15, 0.2) is 57.9 Å². The highest BCUT2D eigenvalue weighted by Gasteiger charge is 2.39. The van der Waals surface area contributed by atoms with E-state index in [4.69, 9.17) is 0 Å². The van der Waals surface area contributed by atoms with Gasteiger partial charge in [-0.05, 0) is 55.2 Å². The van der Waals surface area contributed by atoms with Gasteiger partial charge in [0.15, 0.2) is 0 Å². The molecule has 2 aromatic rings. The fourth-order valence-electron chi connectivity index (χ4n) is 3.17. The van der Waals surface area contributed by atoms with Crippen molar-refractivity contribution in [2.45, 2.75) is 30.2 Å². The van der Waals surface area contributed by atoms with Crippen LogP contribution < -0.4 is 5.32 Å². The van der Waals surface area contributed by atoms with Gasteiger partial charge in [0, 0.05) is 17.6 Å². The zero-order chi connectivity index (χ0) is 19.4. The largest absolute Gasteiger partial charge is 0.354 e. The molecule has 8 heteroatoms. The molecule has 1 aliphatic heterocycles. The molecule has 0 radical (unpaired) electrons. The van der Waals surface area contributed by atoms with Gasteiger partial charge in [0.1, 0.15) is 11.9 Å². The summed E-state index contributed by atoms with van der Waals surface area (Å²) in [6.07, 6.45) is 1.45. The number of sulfonamides is 1. The van der Waals surface area contributed by atoms with E-state index in [1.807, 2.05) is 0 Å². The van der Waals surface area contributed by atoms with Crippen molar-refractivity contribution in [1.82, 2.24) is 9.62 Å². The van der Waals surface area contributed by atoms with Crippen LogP contribution in [0.1, 0.15) is 18.4 Å². The van der Waals surface area contributed by atoms with Gasteiger partial charge >= 0.3 is 0 Å². The Bertz CT molecular complexity index is 919. The fraction of sp³-hybridized carbons (Fsp3) is 0.316. The molecule has 1 N–H and O–H groups in total. The molecule has 1 atom stereocenters. The zero-order valence-electron chi connectivity index (χ0n) is 14.6. The summed E-state index contributed by atoms with van der Waals surface area (Å²) >= 11 is 3.28. The molecular weight excluding hydrogens is 435 g/mol. The van der Waals surface area contributed by atoms with Crippen molar-refractivity contribution in [3.63, 3.8) is 0 Å². The minimum Gasteiger partial charge on any atom is -0.354 e. The van der Waals surface area contributed by atoms with Crippen LogP contribution in [0.3, 0.4) is 0 Å². The van der Waals surface area contributed by atoms with Gasteiger partial charge < -0.3 is 5.32 Å². The van der Waals surface area contributed by atoms with Gasteiger partial charge in [0.2, 0.25) is 15.9 Å². The third-order valence-corrected chi connectivity index (χ3v) is 7.03. The van der Waals surface area contributed by atoms with E-state index in [0.29, 0.717) is 31.4 Å². The molecule has 0 aliphatic carbocycles. The summed E-state index contributed by atoms with van der Waals surface area (Å²) in [4.78, 5) is 12.7. The number of carbonyl (C=O) groups excluding carboxylic acids is 1. The van der Waals surface area contributed by atoms with E-state index in [9.17, 15) is 17.6 Å². The van der Waals surface area contributed by atoms with Gasteiger partial charge in [-0.15, -0.1) is 0 Å². The summed E-state index contributed by atoms with van der Waals surface area (Å²) in [5, 5.41) is 2.74. The molecule has 1 aliphatic rings. The molecule has 1 fully saturated rings. The SMILES string of the molecule is O=C(NCCc1ccccc1F)C1CCCN1S(=O)(=O)c1ccc(Br)cc1. The molecule has 144 valence electrons. The van der Waals surface area contributed by atoms with Crippen LogP contribution in [-0.2, 0) is 21.2 Å². The highest BCUT2D eigenvalue weighted by atomic mass is 79.9. The Morgan fingerprint density at radius 2 is 1.89 bits per heavy atom. The molecule has 5 nitrogen and oxygen atoms in total. The van der Waals surface area contributed by atoms with Gasteiger partial charge in [-0.3, -0.25) is 4.79 Å². The summed E-state index contributed by atoms with van der Waals surface area (Å²) in [5.74, 6) is -0.656. The van der Waals surface area contributed by atoms with Gasteiger partial charge in [-0.2, -0.15) is 4.31 Å². The first kappa shape index (κ1) is 20.0. The number of amides is 1. The molecule has 1 unspecified atom stereocenters. The maximum Gasteiger partial charge on any atom is 0.243 e. The maximum atomic E-state index is 13.6. The fourth-order valence-corrected chi connectivity index (χ4v) is 5.09. The van der Waals surface area contributed by atoms with Crippen LogP contribution in [0.2, 0.25) is 0 Å². The predicted molar refractivity (Wildman–Crippen MR) is 104 cm³/mol. The number of benzene rings is 2. The Labute approximate surface area is 166 Å². The second-order valence-electron chi connectivity index (χ2n) is 6.36. The van der Waals surface area contributed by atoms with Crippen molar-refractivity contribution in [1.29, 1.82) is 0 Å². The second kappa shape index (κ2) is 8.50. The van der Waals surface area contributed by atoms with Gasteiger partial charge in [-0.25, -0.2) is 12.8 Å². The van der Waals surface area contributed by atoms with Crippen molar-refractivity contribution in [3.8, 4) is 0 Å². The number of carbonyl (C=O) groups is 1. The lowest BCUT2D eigenvalue weighted by Gasteiger charge is -2.23. The molecule has 0 spiro atoms. The molecule has 1 heterocycles. The molecule has 0 aromatic heterocycles. The molecular formula is C19H20BrFN2O3S. The molecule has 27 heavy (non-hydrogen) atoms. The zero-order valence-corrected chi connectivity index (χ0v) is 17.0. The summed E-state index contributed by atoms with van der Waals surface area (Å²) in [6, 6.07) is 12.0. The Kier molecular flexibility index (Phi) is 6.29. The van der Waals surface area contributed by atoms with Gasteiger partial charge in [0.25, 0.3) is 0 Å². The molecule has 0 bridgehead atoms. The van der Waals surface area contributed by atoms with E-state index in [1.165, 1.54) is 22.5 Å². The highest BCUT2D eigenvalue weighted by Crippen LogP contribution is 2.27. The molecule has 0 saturated carbocycles. The maximum absolute atomic E-state index is 13.6. The van der Waals surface area contributed by atoms with Gasteiger partial charge in [-0.1, -0.05) is 34.1 Å². The Hall–Kier alpha value is -1.77. The van der Waals surface area contributed by atoms with E-state index in [0.717, 1.165) is 4.47 Å². The smallest absolute Gasteiger partial charge is 0.243 e. The van der Waals surface area contributed by atoms with E-state index in [2.05, 4.69) is 21.2 Å². The number of hydrogen-bond donors (Lipinski definition) is 1. The number of hydrogen-bond acceptors (Lipinski definition) is 3. The first-order valence-corrected chi connectivity index (χ1v) is 10.9. The van der Waals surface area contributed by atoms with Crippen LogP contribution in [0, 0.1) is 5.82 Å². The molecule has 2 aromatic carbocycles. The molecule has 3 rings (SSSR count). The van der Waals surface area contributed by atoms with Crippen molar-refractivity contribution >= 4 is 31.9 Å². The summed E-state index contributed by atoms with van der Waals surface area (Å²) in [6.45, 7) is 0.562. The Morgan fingerprint density at radius 3 is 2.59 bits per heavy atom. The summed E-state index contributed by atoms with van der Waals surface area (Å²) in [5.41, 5.74) is 0.517. The lowest BCUT2D eigenvalue weighted by Crippen LogP contribution is -2.46.